The number of rotatable bonds is 2. The fraction of sp³-hybridized carbons (Fsp3) is 0.0909. The van der Waals surface area contributed by atoms with Crippen LogP contribution in [0.15, 0.2) is 24.3 Å². The molecule has 1 aromatic carbocycles. The molecule has 0 aliphatic heterocycles. The molecule has 1 heterocycles. The van der Waals surface area contributed by atoms with E-state index in [1.54, 1.807) is 13.0 Å². The lowest BCUT2D eigenvalue weighted by molar-refractivity contribution is 0.101. The van der Waals surface area contributed by atoms with Crippen molar-refractivity contribution in [2.24, 2.45) is 5.73 Å². The maximum Gasteiger partial charge on any atom is 0.159 e. The summed E-state index contributed by atoms with van der Waals surface area (Å²) in [6, 6.07) is 7.39. The van der Waals surface area contributed by atoms with Gasteiger partial charge >= 0.3 is 0 Å². The number of thiophene rings is 1. The molecule has 3 N–H and O–H groups in total. The average molecular weight is 218 g/mol. The first-order valence-corrected chi connectivity index (χ1v) is 5.28. The van der Waals surface area contributed by atoms with Gasteiger partial charge in [-0.15, -0.1) is 11.3 Å². The zero-order chi connectivity index (χ0) is 11.0. The van der Waals surface area contributed by atoms with Crippen LogP contribution < -0.4 is 5.73 Å². The third-order valence-electron chi connectivity index (χ3n) is 2.19. The van der Waals surface area contributed by atoms with Gasteiger partial charge in [0.1, 0.15) is 5.84 Å². The summed E-state index contributed by atoms with van der Waals surface area (Å²) in [6.45, 7) is 1.54. The second kappa shape index (κ2) is 3.47. The minimum absolute atomic E-state index is 0.0506. The highest BCUT2D eigenvalue weighted by Crippen LogP contribution is 2.26. The molecular weight excluding hydrogens is 208 g/mol. The summed E-state index contributed by atoms with van der Waals surface area (Å²) in [5.74, 6) is 0.121. The molecule has 1 aromatic heterocycles. The molecule has 3 nitrogen and oxygen atoms in total. The van der Waals surface area contributed by atoms with Gasteiger partial charge in [0.05, 0.1) is 4.88 Å². The molecule has 0 amide bonds. The molecule has 0 atom stereocenters. The van der Waals surface area contributed by atoms with Gasteiger partial charge in [-0.25, -0.2) is 0 Å². The van der Waals surface area contributed by atoms with Gasteiger partial charge in [-0.2, -0.15) is 0 Å². The van der Waals surface area contributed by atoms with Crippen LogP contribution in [-0.2, 0) is 0 Å². The zero-order valence-corrected chi connectivity index (χ0v) is 9.02. The summed E-state index contributed by atoms with van der Waals surface area (Å²) in [6.07, 6.45) is 0. The third kappa shape index (κ3) is 1.76. The highest BCUT2D eigenvalue weighted by Gasteiger charge is 2.06. The molecule has 0 saturated heterocycles. The summed E-state index contributed by atoms with van der Waals surface area (Å²) >= 11 is 1.44. The predicted octanol–water partition coefficient (Wildman–Crippen LogP) is 2.39. The molecule has 0 unspecified atom stereocenters. The number of benzene rings is 1. The van der Waals surface area contributed by atoms with Gasteiger partial charge in [-0.1, -0.05) is 12.1 Å². The molecule has 2 aromatic rings. The maximum atomic E-state index is 11.2. The van der Waals surface area contributed by atoms with E-state index in [9.17, 15) is 4.79 Å². The number of nitrogens with two attached hydrogens (primary N) is 1. The number of carbonyl (C=O) groups is 1. The number of hydrogen-bond donors (Lipinski definition) is 2. The topological polar surface area (TPSA) is 66.9 Å². The molecule has 0 radical (unpaired) electrons. The van der Waals surface area contributed by atoms with Gasteiger partial charge in [0.15, 0.2) is 5.78 Å². The van der Waals surface area contributed by atoms with E-state index in [1.165, 1.54) is 11.3 Å². The first-order valence-electron chi connectivity index (χ1n) is 4.47. The smallest absolute Gasteiger partial charge is 0.159 e. The van der Waals surface area contributed by atoms with Gasteiger partial charge in [0.2, 0.25) is 0 Å². The molecule has 0 aliphatic rings. The second-order valence-corrected chi connectivity index (χ2v) is 4.42. The monoisotopic (exact) mass is 218 g/mol. The highest BCUT2D eigenvalue weighted by atomic mass is 32.1. The quantitative estimate of drug-likeness (QED) is 0.461. The van der Waals surface area contributed by atoms with Crippen molar-refractivity contribution in [3.63, 3.8) is 0 Å². The van der Waals surface area contributed by atoms with E-state index in [1.807, 2.05) is 18.2 Å². The Morgan fingerprint density at radius 1 is 1.40 bits per heavy atom. The minimum Gasteiger partial charge on any atom is -0.383 e. The average Bonchev–Trinajstić information content (AvgIpc) is 2.59. The second-order valence-electron chi connectivity index (χ2n) is 3.33. The fourth-order valence-corrected chi connectivity index (χ4v) is 2.35. The molecule has 15 heavy (non-hydrogen) atoms. The van der Waals surface area contributed by atoms with Crippen LogP contribution in [0, 0.1) is 5.41 Å². The molecule has 0 fully saturated rings. The molecule has 0 spiro atoms. The Kier molecular flexibility index (Phi) is 2.28. The van der Waals surface area contributed by atoms with Gasteiger partial charge < -0.3 is 5.73 Å². The number of hydrogen-bond acceptors (Lipinski definition) is 3. The summed E-state index contributed by atoms with van der Waals surface area (Å²) < 4.78 is 0.993. The van der Waals surface area contributed by atoms with Crippen molar-refractivity contribution >= 4 is 33.0 Å². The standard InChI is InChI=1S/C11H10N2OS/c1-6(14)7-2-3-8-5-10(11(12)13)15-9(8)4-7/h2-5H,1H3,(H3,12,13). The van der Waals surface area contributed by atoms with Crippen LogP contribution in [0.3, 0.4) is 0 Å². The van der Waals surface area contributed by atoms with E-state index in [4.69, 9.17) is 11.1 Å². The van der Waals surface area contributed by atoms with Crippen LogP contribution in [-0.4, -0.2) is 11.6 Å². The summed E-state index contributed by atoms with van der Waals surface area (Å²) in [5, 5.41) is 8.35. The lowest BCUT2D eigenvalue weighted by Gasteiger charge is -1.94. The number of carbonyl (C=O) groups excluding carboxylic acids is 1. The lowest BCUT2D eigenvalue weighted by atomic mass is 10.1. The van der Waals surface area contributed by atoms with Crippen molar-refractivity contribution in [2.45, 2.75) is 6.92 Å². The lowest BCUT2D eigenvalue weighted by Crippen LogP contribution is -2.08. The van der Waals surface area contributed by atoms with E-state index in [0.29, 0.717) is 5.56 Å². The van der Waals surface area contributed by atoms with Crippen molar-refractivity contribution in [1.82, 2.24) is 0 Å². The normalized spacial score (nSPS) is 10.5. The van der Waals surface area contributed by atoms with Gasteiger partial charge in [-0.3, -0.25) is 10.2 Å². The number of ketones is 1. The van der Waals surface area contributed by atoms with Crippen LogP contribution in [0.2, 0.25) is 0 Å². The molecule has 2 rings (SSSR count). The largest absolute Gasteiger partial charge is 0.383 e. The minimum atomic E-state index is 0.0506. The van der Waals surface area contributed by atoms with Crippen molar-refractivity contribution in [2.75, 3.05) is 0 Å². The first kappa shape index (κ1) is 9.86. The van der Waals surface area contributed by atoms with E-state index >= 15 is 0 Å². The number of nitrogens with one attached hydrogen (secondary N) is 1. The SMILES string of the molecule is CC(=O)c1ccc2cc(C(=N)N)sc2c1. The van der Waals surface area contributed by atoms with E-state index < -0.39 is 0 Å². The molecule has 4 heteroatoms. The first-order chi connectivity index (χ1) is 7.08. The van der Waals surface area contributed by atoms with Crippen molar-refractivity contribution < 1.29 is 4.79 Å². The van der Waals surface area contributed by atoms with Crippen LogP contribution >= 0.6 is 11.3 Å². The molecular formula is C11H10N2OS. The summed E-state index contributed by atoms with van der Waals surface area (Å²) in [5.41, 5.74) is 6.10. The molecule has 0 aliphatic carbocycles. The molecule has 0 bridgehead atoms. The Morgan fingerprint density at radius 3 is 2.73 bits per heavy atom. The number of amidine groups is 1. The van der Waals surface area contributed by atoms with E-state index in [-0.39, 0.29) is 11.6 Å². The van der Waals surface area contributed by atoms with E-state index in [0.717, 1.165) is 15.0 Å². The van der Waals surface area contributed by atoms with Gasteiger partial charge in [0, 0.05) is 10.3 Å². The number of nitrogen functional groups attached to an aromatic ring is 1. The predicted molar refractivity (Wildman–Crippen MR) is 62.8 cm³/mol. The van der Waals surface area contributed by atoms with Gasteiger partial charge in [0.25, 0.3) is 0 Å². The van der Waals surface area contributed by atoms with Gasteiger partial charge in [-0.05, 0) is 24.4 Å². The summed E-state index contributed by atoms with van der Waals surface area (Å²) in [7, 11) is 0. The zero-order valence-electron chi connectivity index (χ0n) is 8.20. The van der Waals surface area contributed by atoms with Crippen molar-refractivity contribution in [3.8, 4) is 0 Å². The van der Waals surface area contributed by atoms with Crippen LogP contribution in [0.5, 0.6) is 0 Å². The Morgan fingerprint density at radius 2 is 2.13 bits per heavy atom. The molecule has 0 saturated carbocycles. The Bertz CT molecular complexity index is 545. The number of fused-ring (bicyclic) bond motifs is 1. The summed E-state index contributed by atoms with van der Waals surface area (Å²) in [4.78, 5) is 11.9. The Hall–Kier alpha value is -1.68. The maximum absolute atomic E-state index is 11.2. The fourth-order valence-electron chi connectivity index (χ4n) is 1.38. The van der Waals surface area contributed by atoms with Crippen molar-refractivity contribution in [1.29, 1.82) is 5.41 Å². The molecule has 76 valence electrons. The van der Waals surface area contributed by atoms with E-state index in [2.05, 4.69) is 0 Å². The highest BCUT2D eigenvalue weighted by molar-refractivity contribution is 7.20. The van der Waals surface area contributed by atoms with Crippen molar-refractivity contribution in [3.05, 3.63) is 34.7 Å². The van der Waals surface area contributed by atoms with Crippen LogP contribution in [0.25, 0.3) is 10.1 Å². The number of Topliss-reactive ketones (excluding diaryl/α,β-unsaturated/α-hetero) is 1. The Balaban J connectivity index is 2.62. The van der Waals surface area contributed by atoms with Crippen LogP contribution in [0.1, 0.15) is 22.2 Å². The third-order valence-corrected chi connectivity index (χ3v) is 3.32. The Labute approximate surface area is 91.0 Å². The van der Waals surface area contributed by atoms with Crippen LogP contribution in [0.4, 0.5) is 0 Å².